The Labute approximate surface area is 106 Å². The smallest absolute Gasteiger partial charge is 0.141 e. The van der Waals surface area contributed by atoms with Gasteiger partial charge < -0.3 is 5.32 Å². The second-order valence-electron chi connectivity index (χ2n) is 4.10. The van der Waals surface area contributed by atoms with Gasteiger partial charge in [-0.25, -0.2) is 4.39 Å². The molecule has 0 aliphatic heterocycles. The normalized spacial score (nSPS) is 12.3. The summed E-state index contributed by atoms with van der Waals surface area (Å²) in [7, 11) is 0. The fourth-order valence-electron chi connectivity index (χ4n) is 1.80. The molecule has 0 bridgehead atoms. The minimum Gasteiger partial charge on any atom is -0.304 e. The van der Waals surface area contributed by atoms with Gasteiger partial charge in [-0.2, -0.15) is 0 Å². The molecule has 2 aromatic rings. The Hall–Kier alpha value is -1.81. The quantitative estimate of drug-likeness (QED) is 0.880. The highest BCUT2D eigenvalue weighted by molar-refractivity contribution is 5.12. The van der Waals surface area contributed by atoms with Crippen molar-refractivity contribution in [2.24, 2.45) is 0 Å². The van der Waals surface area contributed by atoms with Gasteiger partial charge in [0.25, 0.3) is 0 Å². The molecule has 18 heavy (non-hydrogen) atoms. The van der Waals surface area contributed by atoms with Gasteiger partial charge in [-0.1, -0.05) is 13.0 Å². The van der Waals surface area contributed by atoms with Gasteiger partial charge in [-0.05, 0) is 30.2 Å². The largest absolute Gasteiger partial charge is 0.304 e. The maximum atomic E-state index is 12.8. The maximum Gasteiger partial charge on any atom is 0.141 e. The molecule has 0 spiro atoms. The number of halogens is 1. The molecule has 0 aliphatic rings. The molecule has 0 radical (unpaired) electrons. The molecular formula is C14H16FN3. The summed E-state index contributed by atoms with van der Waals surface area (Å²) < 4.78 is 12.8. The van der Waals surface area contributed by atoms with Gasteiger partial charge in [-0.15, -0.1) is 0 Å². The molecule has 94 valence electrons. The van der Waals surface area contributed by atoms with E-state index in [0.717, 1.165) is 24.2 Å². The molecule has 2 rings (SSSR count). The van der Waals surface area contributed by atoms with E-state index in [9.17, 15) is 4.39 Å². The molecule has 4 heteroatoms. The lowest BCUT2D eigenvalue weighted by Gasteiger charge is -2.16. The highest BCUT2D eigenvalue weighted by Gasteiger charge is 2.10. The van der Waals surface area contributed by atoms with Crippen LogP contribution in [0, 0.1) is 5.82 Å². The average molecular weight is 245 g/mol. The summed E-state index contributed by atoms with van der Waals surface area (Å²) >= 11 is 0. The van der Waals surface area contributed by atoms with Gasteiger partial charge in [0.15, 0.2) is 0 Å². The molecule has 0 saturated carbocycles. The minimum absolute atomic E-state index is 0.130. The van der Waals surface area contributed by atoms with Crippen molar-refractivity contribution in [3.05, 3.63) is 59.9 Å². The molecule has 2 aromatic heterocycles. The van der Waals surface area contributed by atoms with E-state index in [1.807, 2.05) is 18.3 Å². The number of nitrogens with zero attached hydrogens (tertiary/aromatic N) is 2. The van der Waals surface area contributed by atoms with Gasteiger partial charge in [0.05, 0.1) is 11.9 Å². The number of pyridine rings is 2. The van der Waals surface area contributed by atoms with Crippen molar-refractivity contribution >= 4 is 0 Å². The topological polar surface area (TPSA) is 37.8 Å². The molecule has 0 saturated heterocycles. The number of hydrogen-bond acceptors (Lipinski definition) is 3. The van der Waals surface area contributed by atoms with E-state index in [-0.39, 0.29) is 11.9 Å². The Kier molecular flexibility index (Phi) is 4.36. The summed E-state index contributed by atoms with van der Waals surface area (Å²) in [5, 5.41) is 3.40. The van der Waals surface area contributed by atoms with Crippen molar-refractivity contribution in [2.75, 3.05) is 0 Å². The van der Waals surface area contributed by atoms with E-state index >= 15 is 0 Å². The van der Waals surface area contributed by atoms with Crippen LogP contribution in [0.2, 0.25) is 0 Å². The van der Waals surface area contributed by atoms with Gasteiger partial charge in [0.1, 0.15) is 5.82 Å². The number of nitrogens with one attached hydrogen (secondary N) is 1. The van der Waals surface area contributed by atoms with Gasteiger partial charge in [-0.3, -0.25) is 9.97 Å². The van der Waals surface area contributed by atoms with Crippen molar-refractivity contribution in [1.29, 1.82) is 0 Å². The van der Waals surface area contributed by atoms with Crippen LogP contribution in [-0.4, -0.2) is 9.97 Å². The van der Waals surface area contributed by atoms with Crippen LogP contribution < -0.4 is 5.32 Å². The fraction of sp³-hybridized carbons (Fsp3) is 0.286. The van der Waals surface area contributed by atoms with Crippen LogP contribution >= 0.6 is 0 Å². The van der Waals surface area contributed by atoms with E-state index in [1.54, 1.807) is 12.3 Å². The molecule has 0 aliphatic carbocycles. The predicted octanol–water partition coefficient (Wildman–Crippen LogP) is 2.86. The molecular weight excluding hydrogens is 229 g/mol. The number of rotatable bonds is 5. The first-order valence-corrected chi connectivity index (χ1v) is 6.03. The molecule has 0 fully saturated rings. The number of aromatic nitrogens is 2. The van der Waals surface area contributed by atoms with Crippen molar-refractivity contribution in [3.8, 4) is 0 Å². The maximum absolute atomic E-state index is 12.8. The Morgan fingerprint density at radius 2 is 2.17 bits per heavy atom. The Morgan fingerprint density at radius 1 is 1.28 bits per heavy atom. The number of hydrogen-bond donors (Lipinski definition) is 1. The van der Waals surface area contributed by atoms with Crippen LogP contribution in [0.4, 0.5) is 4.39 Å². The molecule has 1 unspecified atom stereocenters. The second-order valence-corrected chi connectivity index (χ2v) is 4.10. The van der Waals surface area contributed by atoms with Crippen molar-refractivity contribution in [1.82, 2.24) is 15.3 Å². The first-order valence-electron chi connectivity index (χ1n) is 6.03. The molecule has 0 aromatic carbocycles. The average Bonchev–Trinajstić information content (AvgIpc) is 2.42. The van der Waals surface area contributed by atoms with E-state index < -0.39 is 0 Å². The van der Waals surface area contributed by atoms with E-state index in [4.69, 9.17) is 0 Å². The van der Waals surface area contributed by atoms with Crippen LogP contribution in [0.1, 0.15) is 30.6 Å². The van der Waals surface area contributed by atoms with Crippen molar-refractivity contribution in [2.45, 2.75) is 25.9 Å². The highest BCUT2D eigenvalue weighted by atomic mass is 19.1. The lowest BCUT2D eigenvalue weighted by Crippen LogP contribution is -2.21. The summed E-state index contributed by atoms with van der Waals surface area (Å²) in [5.74, 6) is -0.305. The van der Waals surface area contributed by atoms with Gasteiger partial charge in [0.2, 0.25) is 0 Å². The summed E-state index contributed by atoms with van der Waals surface area (Å²) in [6.45, 7) is 2.80. The summed E-state index contributed by atoms with van der Waals surface area (Å²) in [6, 6.07) is 7.22. The zero-order valence-electron chi connectivity index (χ0n) is 10.3. The van der Waals surface area contributed by atoms with Gasteiger partial charge in [0, 0.05) is 25.0 Å². The zero-order chi connectivity index (χ0) is 12.8. The Bertz CT molecular complexity index is 470. The minimum atomic E-state index is -0.305. The van der Waals surface area contributed by atoms with E-state index in [2.05, 4.69) is 22.2 Å². The van der Waals surface area contributed by atoms with Crippen molar-refractivity contribution < 1.29 is 4.39 Å². The third-order valence-electron chi connectivity index (χ3n) is 2.79. The van der Waals surface area contributed by atoms with E-state index in [0.29, 0.717) is 0 Å². The van der Waals surface area contributed by atoms with E-state index in [1.165, 1.54) is 12.3 Å². The highest BCUT2D eigenvalue weighted by Crippen LogP contribution is 2.14. The third-order valence-corrected chi connectivity index (χ3v) is 2.79. The first kappa shape index (κ1) is 12.6. The molecule has 3 nitrogen and oxygen atoms in total. The molecule has 0 amide bonds. The summed E-state index contributed by atoms with van der Waals surface area (Å²) in [5.41, 5.74) is 1.99. The van der Waals surface area contributed by atoms with Gasteiger partial charge >= 0.3 is 0 Å². The van der Waals surface area contributed by atoms with Crippen LogP contribution in [-0.2, 0) is 6.54 Å². The van der Waals surface area contributed by atoms with Crippen LogP contribution in [0.15, 0.2) is 42.9 Å². The Balaban J connectivity index is 1.99. The summed E-state index contributed by atoms with van der Waals surface area (Å²) in [4.78, 5) is 8.18. The van der Waals surface area contributed by atoms with Crippen molar-refractivity contribution in [3.63, 3.8) is 0 Å². The SMILES string of the molecule is CCC(NCc1cccnc1)c1ccc(F)cn1. The van der Waals surface area contributed by atoms with Crippen LogP contribution in [0.25, 0.3) is 0 Å². The Morgan fingerprint density at radius 3 is 2.78 bits per heavy atom. The molecule has 2 heterocycles. The molecule has 1 N–H and O–H groups in total. The lowest BCUT2D eigenvalue weighted by molar-refractivity contribution is 0.503. The molecule has 1 atom stereocenters. The van der Waals surface area contributed by atoms with Crippen LogP contribution in [0.5, 0.6) is 0 Å². The summed E-state index contributed by atoms with van der Waals surface area (Å²) in [6.07, 6.45) is 5.74. The predicted molar refractivity (Wildman–Crippen MR) is 68.3 cm³/mol. The lowest BCUT2D eigenvalue weighted by atomic mass is 10.1. The first-order chi connectivity index (χ1) is 8.79. The third kappa shape index (κ3) is 3.34. The zero-order valence-corrected chi connectivity index (χ0v) is 10.3. The standard InChI is InChI=1S/C14H16FN3/c1-2-13(14-6-5-12(15)10-18-14)17-9-11-4-3-7-16-8-11/h3-8,10,13,17H,2,9H2,1H3. The second kappa shape index (κ2) is 6.21. The van der Waals surface area contributed by atoms with Crippen LogP contribution in [0.3, 0.4) is 0 Å². The fourth-order valence-corrected chi connectivity index (χ4v) is 1.80. The monoisotopic (exact) mass is 245 g/mol.